The van der Waals surface area contributed by atoms with Crippen molar-refractivity contribution in [3.63, 3.8) is 0 Å². The van der Waals surface area contributed by atoms with Gasteiger partial charge in [0.25, 0.3) is 0 Å². The minimum absolute atomic E-state index is 0.134. The van der Waals surface area contributed by atoms with E-state index in [9.17, 15) is 0 Å². The Labute approximate surface area is 432 Å². The fraction of sp³-hybridized carbons (Fsp3) is 0.419. The SMILES string of the molecule is Cc1cc(N(c2ccc(COC3CCCCO3)cc2)c2ccc(Oc3ccc(N(c4ccc(COC5CCCCO5)cc4)c4ccc(COC5CCCCO5)c(C)c4)cc3)cc2)ccc1COC1CCCCO1. The van der Waals surface area contributed by atoms with Crippen molar-refractivity contribution in [3.8, 4) is 11.5 Å². The molecule has 4 atom stereocenters. The predicted octanol–water partition coefficient (Wildman–Crippen LogP) is 15.2. The Kier molecular flexibility index (Phi) is 17.8. The fourth-order valence-corrected chi connectivity index (χ4v) is 9.92. The third-order valence-electron chi connectivity index (χ3n) is 14.3. The van der Waals surface area contributed by atoms with Crippen LogP contribution in [-0.2, 0) is 64.3 Å². The van der Waals surface area contributed by atoms with Gasteiger partial charge in [-0.1, -0.05) is 36.4 Å². The second-order valence-corrected chi connectivity index (χ2v) is 19.7. The molecule has 4 aliphatic rings. The molecule has 6 aromatic rings. The number of benzene rings is 6. The largest absolute Gasteiger partial charge is 0.457 e. The Hall–Kier alpha value is -5.60. The molecule has 11 heteroatoms. The average Bonchev–Trinajstić information content (AvgIpc) is 3.44. The van der Waals surface area contributed by atoms with E-state index in [4.69, 9.17) is 42.6 Å². The van der Waals surface area contributed by atoms with E-state index in [2.05, 4.69) is 133 Å². The molecular formula is C62H72N2O9. The Bertz CT molecular complexity index is 2440. The molecule has 6 aromatic carbocycles. The number of hydrogen-bond donors (Lipinski definition) is 0. The topological polar surface area (TPSA) is 89.6 Å². The number of rotatable bonds is 20. The zero-order chi connectivity index (χ0) is 49.6. The van der Waals surface area contributed by atoms with E-state index < -0.39 is 0 Å². The second kappa shape index (κ2) is 25.6. The zero-order valence-corrected chi connectivity index (χ0v) is 42.7. The van der Waals surface area contributed by atoms with Gasteiger partial charge < -0.3 is 52.4 Å². The predicted molar refractivity (Wildman–Crippen MR) is 285 cm³/mol. The second-order valence-electron chi connectivity index (χ2n) is 19.7. The quantitative estimate of drug-likeness (QED) is 0.0732. The standard InChI is InChI=1S/C62H72N2O9/c1-45-39-55(25-19-49(45)43-71-61-13-5-9-37-67-61)63(51-21-15-47(16-22-51)41-69-59-11-3-7-35-65-59)53-27-31-57(32-28-53)73-58-33-29-54(30-34-58)64(52-23-17-48(18-24-52)42-70-60-12-4-8-36-66-60)56-26-20-50(46(2)40-56)44-72-62-14-6-10-38-68-62/h15-34,39-40,59-62H,3-14,35-38,41-44H2,1-2H3. The van der Waals surface area contributed by atoms with Gasteiger partial charge >= 0.3 is 0 Å². The first-order valence-corrected chi connectivity index (χ1v) is 26.8. The molecule has 0 aliphatic carbocycles. The number of hydrogen-bond acceptors (Lipinski definition) is 11. The van der Waals surface area contributed by atoms with Crippen molar-refractivity contribution in [2.45, 2.75) is 142 Å². The molecule has 4 heterocycles. The molecule has 0 saturated carbocycles. The first kappa shape index (κ1) is 50.9. The van der Waals surface area contributed by atoms with Crippen molar-refractivity contribution in [2.75, 3.05) is 36.2 Å². The van der Waals surface area contributed by atoms with Gasteiger partial charge in [-0.2, -0.15) is 0 Å². The van der Waals surface area contributed by atoms with E-state index in [1.54, 1.807) is 0 Å². The lowest BCUT2D eigenvalue weighted by Crippen LogP contribution is -2.22. The smallest absolute Gasteiger partial charge is 0.158 e. The lowest BCUT2D eigenvalue weighted by Gasteiger charge is -2.27. The molecule has 0 aromatic heterocycles. The van der Waals surface area contributed by atoms with Gasteiger partial charge in [0, 0.05) is 60.6 Å². The maximum Gasteiger partial charge on any atom is 0.158 e. The summed E-state index contributed by atoms with van der Waals surface area (Å²) in [6.45, 7) is 9.40. The van der Waals surface area contributed by atoms with Crippen LogP contribution in [0.25, 0.3) is 0 Å². The van der Waals surface area contributed by atoms with Crippen molar-refractivity contribution in [3.05, 3.63) is 167 Å². The van der Waals surface area contributed by atoms with E-state index in [1.165, 1.54) is 0 Å². The van der Waals surface area contributed by atoms with Gasteiger partial charge in [0.05, 0.1) is 26.4 Å². The van der Waals surface area contributed by atoms with Gasteiger partial charge in [-0.05, 0) is 221 Å². The monoisotopic (exact) mass is 989 g/mol. The zero-order valence-electron chi connectivity index (χ0n) is 42.7. The first-order chi connectivity index (χ1) is 36.0. The highest BCUT2D eigenvalue weighted by atomic mass is 16.7. The third-order valence-corrected chi connectivity index (χ3v) is 14.3. The number of ether oxygens (including phenoxy) is 9. The summed E-state index contributed by atoms with van der Waals surface area (Å²) in [4.78, 5) is 4.56. The summed E-state index contributed by atoms with van der Waals surface area (Å²) in [5.74, 6) is 1.48. The maximum absolute atomic E-state index is 6.55. The van der Waals surface area contributed by atoms with Crippen molar-refractivity contribution < 1.29 is 42.6 Å². The Morgan fingerprint density at radius 2 is 0.658 bits per heavy atom. The van der Waals surface area contributed by atoms with Crippen LogP contribution in [-0.4, -0.2) is 51.6 Å². The van der Waals surface area contributed by atoms with Crippen LogP contribution in [0.1, 0.15) is 110 Å². The average molecular weight is 989 g/mol. The number of aryl methyl sites for hydroxylation is 2. The van der Waals surface area contributed by atoms with Gasteiger partial charge in [0.2, 0.25) is 0 Å². The van der Waals surface area contributed by atoms with Crippen LogP contribution in [0.4, 0.5) is 34.1 Å². The molecule has 73 heavy (non-hydrogen) atoms. The molecule has 0 spiro atoms. The molecule has 4 unspecified atom stereocenters. The van der Waals surface area contributed by atoms with Crippen molar-refractivity contribution >= 4 is 34.1 Å². The molecule has 0 N–H and O–H groups in total. The summed E-state index contributed by atoms with van der Waals surface area (Å²) >= 11 is 0. The van der Waals surface area contributed by atoms with E-state index >= 15 is 0 Å². The van der Waals surface area contributed by atoms with Crippen LogP contribution >= 0.6 is 0 Å². The molecule has 0 amide bonds. The summed E-state index contributed by atoms with van der Waals surface area (Å²) in [5.41, 5.74) is 13.0. The van der Waals surface area contributed by atoms with Crippen LogP contribution in [0.2, 0.25) is 0 Å². The summed E-state index contributed by atoms with van der Waals surface area (Å²) in [6.07, 6.45) is 12.2. The molecular weight excluding hydrogens is 917 g/mol. The summed E-state index contributed by atoms with van der Waals surface area (Å²) < 4.78 is 54.5. The van der Waals surface area contributed by atoms with Crippen LogP contribution in [0, 0.1) is 13.8 Å². The Morgan fingerprint density at radius 1 is 0.356 bits per heavy atom. The minimum atomic E-state index is -0.137. The van der Waals surface area contributed by atoms with Gasteiger partial charge in [-0.25, -0.2) is 0 Å². The van der Waals surface area contributed by atoms with E-state index in [1.807, 2.05) is 24.3 Å². The van der Waals surface area contributed by atoms with Crippen LogP contribution in [0.5, 0.6) is 11.5 Å². The van der Waals surface area contributed by atoms with E-state index in [0.29, 0.717) is 26.4 Å². The number of anilines is 6. The molecule has 384 valence electrons. The maximum atomic E-state index is 6.55. The molecule has 10 rings (SSSR count). The lowest BCUT2D eigenvalue weighted by atomic mass is 10.1. The summed E-state index contributed by atoms with van der Waals surface area (Å²) in [6, 6.07) is 47.0. The third kappa shape index (κ3) is 14.0. The first-order valence-electron chi connectivity index (χ1n) is 26.8. The Balaban J connectivity index is 0.860. The van der Waals surface area contributed by atoms with Gasteiger partial charge in [-0.3, -0.25) is 0 Å². The van der Waals surface area contributed by atoms with Gasteiger partial charge in [-0.15, -0.1) is 0 Å². The van der Waals surface area contributed by atoms with E-state index in [-0.39, 0.29) is 25.2 Å². The highest BCUT2D eigenvalue weighted by Crippen LogP contribution is 2.40. The normalized spacial score (nSPS) is 20.4. The number of nitrogens with zero attached hydrogens (tertiary/aromatic N) is 2. The van der Waals surface area contributed by atoms with Gasteiger partial charge in [0.15, 0.2) is 25.2 Å². The summed E-state index contributed by atoms with van der Waals surface area (Å²) in [7, 11) is 0. The van der Waals surface area contributed by atoms with Crippen LogP contribution in [0.15, 0.2) is 133 Å². The molecule has 4 aliphatic heterocycles. The van der Waals surface area contributed by atoms with Gasteiger partial charge in [0.1, 0.15) is 11.5 Å². The van der Waals surface area contributed by atoms with E-state index in [0.717, 1.165) is 182 Å². The lowest BCUT2D eigenvalue weighted by molar-refractivity contribution is -0.169. The highest BCUT2D eigenvalue weighted by Gasteiger charge is 2.21. The molecule has 0 radical (unpaired) electrons. The van der Waals surface area contributed by atoms with Crippen LogP contribution in [0.3, 0.4) is 0 Å². The molecule has 0 bridgehead atoms. The summed E-state index contributed by atoms with van der Waals surface area (Å²) in [5, 5.41) is 0. The fourth-order valence-electron chi connectivity index (χ4n) is 9.92. The molecule has 11 nitrogen and oxygen atoms in total. The Morgan fingerprint density at radius 3 is 0.959 bits per heavy atom. The van der Waals surface area contributed by atoms with Crippen LogP contribution < -0.4 is 14.5 Å². The van der Waals surface area contributed by atoms with Crippen molar-refractivity contribution in [1.29, 1.82) is 0 Å². The minimum Gasteiger partial charge on any atom is -0.457 e. The van der Waals surface area contributed by atoms with Crippen molar-refractivity contribution in [2.24, 2.45) is 0 Å². The molecule has 4 fully saturated rings. The highest BCUT2D eigenvalue weighted by molar-refractivity contribution is 5.79. The molecule has 4 saturated heterocycles. The van der Waals surface area contributed by atoms with Crippen molar-refractivity contribution in [1.82, 2.24) is 0 Å².